The van der Waals surface area contributed by atoms with Crippen molar-refractivity contribution in [3.05, 3.63) is 28.7 Å². The van der Waals surface area contributed by atoms with Crippen LogP contribution in [0.2, 0.25) is 0 Å². The molecule has 0 aliphatic carbocycles. The van der Waals surface area contributed by atoms with Gasteiger partial charge in [0.05, 0.1) is 10.4 Å². The van der Waals surface area contributed by atoms with E-state index in [1.165, 1.54) is 21.0 Å². The SMILES string of the molecule is CN(C1CCNCC1)S(=O)(=O)c1ccc2c(c1)oc(=O)n2C.Cl. The third-order valence-electron chi connectivity index (χ3n) is 4.26. The lowest BCUT2D eigenvalue weighted by molar-refractivity contribution is 0.296. The summed E-state index contributed by atoms with van der Waals surface area (Å²) in [6.07, 6.45) is 1.58. The third-order valence-corrected chi connectivity index (χ3v) is 6.17. The molecule has 1 aliphatic rings. The van der Waals surface area contributed by atoms with Gasteiger partial charge >= 0.3 is 5.76 Å². The summed E-state index contributed by atoms with van der Waals surface area (Å²) in [7, 11) is -0.405. The first kappa shape index (κ1) is 18.0. The highest BCUT2D eigenvalue weighted by Gasteiger charge is 2.29. The van der Waals surface area contributed by atoms with E-state index in [2.05, 4.69) is 5.32 Å². The number of hydrogen-bond acceptors (Lipinski definition) is 5. The number of fused-ring (bicyclic) bond motifs is 1. The zero-order valence-electron chi connectivity index (χ0n) is 13.0. The summed E-state index contributed by atoms with van der Waals surface area (Å²) >= 11 is 0. The molecule has 0 atom stereocenters. The van der Waals surface area contributed by atoms with Crippen LogP contribution in [0.15, 0.2) is 32.3 Å². The first-order chi connectivity index (χ1) is 10.4. The van der Waals surface area contributed by atoms with Gasteiger partial charge in [0.1, 0.15) is 0 Å². The van der Waals surface area contributed by atoms with Crippen molar-refractivity contribution >= 4 is 33.5 Å². The maximum absolute atomic E-state index is 12.7. The summed E-state index contributed by atoms with van der Waals surface area (Å²) in [6, 6.07) is 4.53. The first-order valence-corrected chi connectivity index (χ1v) is 8.63. The Kier molecular flexibility index (Phi) is 5.20. The molecule has 3 rings (SSSR count). The summed E-state index contributed by atoms with van der Waals surface area (Å²) < 4.78 is 33.3. The zero-order chi connectivity index (χ0) is 15.9. The molecule has 1 fully saturated rings. The molecule has 1 aromatic carbocycles. The van der Waals surface area contributed by atoms with E-state index in [9.17, 15) is 13.2 Å². The molecule has 1 aromatic heterocycles. The normalized spacial score (nSPS) is 16.7. The molecular weight excluding hydrogens is 342 g/mol. The van der Waals surface area contributed by atoms with Crippen LogP contribution in [-0.2, 0) is 17.1 Å². The Morgan fingerprint density at radius 1 is 1.30 bits per heavy atom. The summed E-state index contributed by atoms with van der Waals surface area (Å²) in [5.74, 6) is -0.503. The molecule has 0 radical (unpaired) electrons. The molecule has 1 saturated heterocycles. The molecule has 1 aliphatic heterocycles. The van der Waals surface area contributed by atoms with Crippen molar-refractivity contribution in [1.82, 2.24) is 14.2 Å². The number of nitrogens with zero attached hydrogens (tertiary/aromatic N) is 2. The molecular formula is C14H20ClN3O4S. The van der Waals surface area contributed by atoms with E-state index >= 15 is 0 Å². The predicted octanol–water partition coefficient (Wildman–Crippen LogP) is 0.926. The largest absolute Gasteiger partial charge is 0.419 e. The lowest BCUT2D eigenvalue weighted by atomic mass is 10.1. The fraction of sp³-hybridized carbons (Fsp3) is 0.500. The Morgan fingerprint density at radius 3 is 2.61 bits per heavy atom. The molecule has 0 bridgehead atoms. The molecule has 0 spiro atoms. The van der Waals surface area contributed by atoms with Gasteiger partial charge < -0.3 is 9.73 Å². The molecule has 23 heavy (non-hydrogen) atoms. The van der Waals surface area contributed by atoms with Crippen LogP contribution in [0, 0.1) is 0 Å². The van der Waals surface area contributed by atoms with Crippen molar-refractivity contribution < 1.29 is 12.8 Å². The van der Waals surface area contributed by atoms with Gasteiger partial charge in [-0.05, 0) is 38.1 Å². The van der Waals surface area contributed by atoms with Crippen molar-refractivity contribution in [2.24, 2.45) is 7.05 Å². The van der Waals surface area contributed by atoms with Gasteiger partial charge in [-0.3, -0.25) is 4.57 Å². The average Bonchev–Trinajstić information content (AvgIpc) is 2.81. The third kappa shape index (κ3) is 3.16. The predicted molar refractivity (Wildman–Crippen MR) is 89.5 cm³/mol. The van der Waals surface area contributed by atoms with Crippen molar-refractivity contribution in [3.8, 4) is 0 Å². The molecule has 0 amide bonds. The number of oxazole rings is 1. The Morgan fingerprint density at radius 2 is 1.96 bits per heavy atom. The van der Waals surface area contributed by atoms with E-state index in [1.54, 1.807) is 20.2 Å². The van der Waals surface area contributed by atoms with Crippen LogP contribution in [0.5, 0.6) is 0 Å². The van der Waals surface area contributed by atoms with Crippen LogP contribution < -0.4 is 11.1 Å². The van der Waals surface area contributed by atoms with Crippen molar-refractivity contribution in [2.75, 3.05) is 20.1 Å². The van der Waals surface area contributed by atoms with Crippen LogP contribution in [0.4, 0.5) is 0 Å². The number of piperidine rings is 1. The lowest BCUT2D eigenvalue weighted by Gasteiger charge is -2.30. The van der Waals surface area contributed by atoms with E-state index < -0.39 is 15.8 Å². The fourth-order valence-electron chi connectivity index (χ4n) is 2.81. The van der Waals surface area contributed by atoms with E-state index in [4.69, 9.17) is 4.42 Å². The molecule has 0 saturated carbocycles. The van der Waals surface area contributed by atoms with Gasteiger partial charge in [0.25, 0.3) is 0 Å². The van der Waals surface area contributed by atoms with Gasteiger partial charge in [0.2, 0.25) is 10.0 Å². The number of hydrogen-bond donors (Lipinski definition) is 1. The van der Waals surface area contributed by atoms with Gasteiger partial charge in [0.15, 0.2) is 5.58 Å². The molecule has 9 heteroatoms. The minimum atomic E-state index is -3.60. The number of aromatic nitrogens is 1. The quantitative estimate of drug-likeness (QED) is 0.879. The second-order valence-electron chi connectivity index (χ2n) is 5.56. The second-order valence-corrected chi connectivity index (χ2v) is 7.56. The Balaban J connectivity index is 0.00000192. The van der Waals surface area contributed by atoms with Crippen molar-refractivity contribution in [1.29, 1.82) is 0 Å². The van der Waals surface area contributed by atoms with E-state index in [-0.39, 0.29) is 28.9 Å². The highest BCUT2D eigenvalue weighted by molar-refractivity contribution is 7.89. The molecule has 7 nitrogen and oxygen atoms in total. The van der Waals surface area contributed by atoms with Gasteiger partial charge in [-0.15, -0.1) is 12.4 Å². The number of rotatable bonds is 3. The maximum Gasteiger partial charge on any atom is 0.419 e. The summed E-state index contributed by atoms with van der Waals surface area (Å²) in [5, 5.41) is 3.22. The van der Waals surface area contributed by atoms with Crippen LogP contribution in [0.1, 0.15) is 12.8 Å². The van der Waals surface area contributed by atoms with Gasteiger partial charge in [0, 0.05) is 26.2 Å². The second kappa shape index (κ2) is 6.64. The van der Waals surface area contributed by atoms with Gasteiger partial charge in [-0.2, -0.15) is 4.31 Å². The van der Waals surface area contributed by atoms with Gasteiger partial charge in [-0.1, -0.05) is 0 Å². The number of benzene rings is 1. The highest BCUT2D eigenvalue weighted by atomic mass is 35.5. The van der Waals surface area contributed by atoms with Crippen molar-refractivity contribution in [3.63, 3.8) is 0 Å². The summed E-state index contributed by atoms with van der Waals surface area (Å²) in [4.78, 5) is 11.7. The van der Waals surface area contributed by atoms with Crippen LogP contribution in [-0.4, -0.2) is 43.5 Å². The highest BCUT2D eigenvalue weighted by Crippen LogP contribution is 2.23. The number of sulfonamides is 1. The minimum Gasteiger partial charge on any atom is -0.408 e. The Hall–Kier alpha value is -1.35. The van der Waals surface area contributed by atoms with Crippen LogP contribution >= 0.6 is 12.4 Å². The maximum atomic E-state index is 12.7. The molecule has 2 heterocycles. The number of nitrogens with one attached hydrogen (secondary N) is 1. The summed E-state index contributed by atoms with van der Waals surface area (Å²) in [6.45, 7) is 1.63. The topological polar surface area (TPSA) is 84.6 Å². The van der Waals surface area contributed by atoms with E-state index in [0.29, 0.717) is 5.52 Å². The zero-order valence-corrected chi connectivity index (χ0v) is 14.6. The summed E-state index contributed by atoms with van der Waals surface area (Å²) in [5.41, 5.74) is 0.862. The van der Waals surface area contributed by atoms with Gasteiger partial charge in [-0.25, -0.2) is 13.2 Å². The lowest BCUT2D eigenvalue weighted by Crippen LogP contribution is -2.43. The Labute approximate surface area is 140 Å². The van der Waals surface area contributed by atoms with Crippen molar-refractivity contribution in [2.45, 2.75) is 23.8 Å². The van der Waals surface area contributed by atoms with Crippen LogP contribution in [0.25, 0.3) is 11.1 Å². The Bertz CT molecular complexity index is 853. The number of halogens is 1. The molecule has 0 unspecified atom stereocenters. The monoisotopic (exact) mass is 361 g/mol. The molecule has 128 valence electrons. The fourth-order valence-corrected chi connectivity index (χ4v) is 4.24. The van der Waals surface area contributed by atoms with E-state index in [1.807, 2.05) is 0 Å². The van der Waals surface area contributed by atoms with E-state index in [0.717, 1.165) is 25.9 Å². The molecule has 1 N–H and O–H groups in total. The minimum absolute atomic E-state index is 0. The smallest absolute Gasteiger partial charge is 0.408 e. The molecule has 2 aromatic rings. The number of aryl methyl sites for hydroxylation is 1. The first-order valence-electron chi connectivity index (χ1n) is 7.19. The average molecular weight is 362 g/mol. The standard InChI is InChI=1S/C14H19N3O4S.ClH/c1-16-12-4-3-11(9-13(12)21-14(16)18)22(19,20)17(2)10-5-7-15-8-6-10;/h3-4,9-10,15H,5-8H2,1-2H3;1H. The van der Waals surface area contributed by atoms with Crippen LogP contribution in [0.3, 0.4) is 0 Å².